The highest BCUT2D eigenvalue weighted by Gasteiger charge is 2.28. The smallest absolute Gasteiger partial charge is 0.277 e. The number of nitrogens with two attached hydrogens (primary N) is 1. The molecule has 0 saturated carbocycles. The average molecular weight is 245 g/mol. The Morgan fingerprint density at radius 3 is 2.88 bits per heavy atom. The van der Waals surface area contributed by atoms with Crippen molar-refractivity contribution in [3.63, 3.8) is 0 Å². The largest absolute Gasteiger partial charge is 0.493 e. The summed E-state index contributed by atoms with van der Waals surface area (Å²) in [6.07, 6.45) is 0.622. The number of fused-ring (bicyclic) bond motifs is 1. The van der Waals surface area contributed by atoms with Gasteiger partial charge in [0.15, 0.2) is 0 Å². The second-order valence-corrected chi connectivity index (χ2v) is 3.65. The van der Waals surface area contributed by atoms with Crippen LogP contribution in [0.15, 0.2) is 12.1 Å². The van der Waals surface area contributed by atoms with Gasteiger partial charge in [0.05, 0.1) is 17.1 Å². The second kappa shape index (κ2) is 4.67. The highest BCUT2D eigenvalue weighted by atomic mass is 35.5. The lowest BCUT2D eigenvalue weighted by Gasteiger charge is -2.23. The summed E-state index contributed by atoms with van der Waals surface area (Å²) in [5.41, 5.74) is 7.36. The van der Waals surface area contributed by atoms with Crippen molar-refractivity contribution in [1.29, 1.82) is 0 Å². The molecule has 6 heteroatoms. The Hall–Kier alpha value is -1.33. The molecule has 88 valence electrons. The van der Waals surface area contributed by atoms with E-state index in [0.717, 1.165) is 5.56 Å². The van der Waals surface area contributed by atoms with Crippen LogP contribution in [0.3, 0.4) is 0 Å². The molecule has 0 fully saturated rings. The molecule has 1 aliphatic heterocycles. The standard InChI is InChI=1S/C10H12N2O3.ClH/c1-6-2-3-8(12(13)14)9-7(11)4-5-15-10(6)9;/h2-3,7H,4-5,11H2,1H3;1H/t7-;/m1./s1. The number of nitro benzene ring substituents is 1. The molecule has 5 nitrogen and oxygen atoms in total. The summed E-state index contributed by atoms with van der Waals surface area (Å²) >= 11 is 0. The third kappa shape index (κ3) is 1.96. The molecule has 2 rings (SSSR count). The van der Waals surface area contributed by atoms with E-state index in [2.05, 4.69) is 0 Å². The first-order valence-electron chi connectivity index (χ1n) is 4.77. The van der Waals surface area contributed by atoms with E-state index in [9.17, 15) is 10.1 Å². The molecular weight excluding hydrogens is 232 g/mol. The molecule has 0 bridgehead atoms. The van der Waals surface area contributed by atoms with Gasteiger partial charge in [-0.05, 0) is 18.6 Å². The molecular formula is C10H13ClN2O3. The van der Waals surface area contributed by atoms with Gasteiger partial charge in [-0.25, -0.2) is 0 Å². The van der Waals surface area contributed by atoms with Crippen molar-refractivity contribution in [2.24, 2.45) is 5.73 Å². The first-order chi connectivity index (χ1) is 7.11. The van der Waals surface area contributed by atoms with Crippen LogP contribution < -0.4 is 10.5 Å². The predicted octanol–water partition coefficient (Wildman–Crippen LogP) is 2.11. The van der Waals surface area contributed by atoms with Crippen LogP contribution in [-0.4, -0.2) is 11.5 Å². The van der Waals surface area contributed by atoms with Gasteiger partial charge in [-0.2, -0.15) is 0 Å². The SMILES string of the molecule is Cc1ccc([N+](=O)[O-])c2c1OCC[C@H]2N.Cl. The fourth-order valence-corrected chi connectivity index (χ4v) is 1.84. The zero-order chi connectivity index (χ0) is 11.0. The Labute approximate surface area is 99.1 Å². The van der Waals surface area contributed by atoms with Crippen LogP contribution in [0.25, 0.3) is 0 Å². The lowest BCUT2D eigenvalue weighted by atomic mass is 9.97. The van der Waals surface area contributed by atoms with Crippen molar-refractivity contribution < 1.29 is 9.66 Å². The number of nitrogens with zero attached hydrogens (tertiary/aromatic N) is 1. The maximum absolute atomic E-state index is 10.8. The topological polar surface area (TPSA) is 78.4 Å². The van der Waals surface area contributed by atoms with Gasteiger partial charge in [-0.15, -0.1) is 12.4 Å². The van der Waals surface area contributed by atoms with E-state index in [1.54, 1.807) is 6.07 Å². The predicted molar refractivity (Wildman–Crippen MR) is 62.1 cm³/mol. The normalized spacial score (nSPS) is 18.0. The first kappa shape index (κ1) is 12.7. The van der Waals surface area contributed by atoms with Gasteiger partial charge in [0.2, 0.25) is 0 Å². The van der Waals surface area contributed by atoms with Crippen molar-refractivity contribution in [2.75, 3.05) is 6.61 Å². The second-order valence-electron chi connectivity index (χ2n) is 3.65. The summed E-state index contributed by atoms with van der Waals surface area (Å²) < 4.78 is 5.43. The van der Waals surface area contributed by atoms with E-state index in [1.807, 2.05) is 6.92 Å². The molecule has 0 aliphatic carbocycles. The van der Waals surface area contributed by atoms with Crippen molar-refractivity contribution in [3.8, 4) is 5.75 Å². The van der Waals surface area contributed by atoms with E-state index in [-0.39, 0.29) is 24.1 Å². The molecule has 0 amide bonds. The number of aryl methyl sites for hydroxylation is 1. The zero-order valence-electron chi connectivity index (χ0n) is 8.80. The molecule has 0 radical (unpaired) electrons. The molecule has 1 atom stereocenters. The fraction of sp³-hybridized carbons (Fsp3) is 0.400. The van der Waals surface area contributed by atoms with Gasteiger partial charge >= 0.3 is 0 Å². The molecule has 16 heavy (non-hydrogen) atoms. The Morgan fingerprint density at radius 2 is 2.25 bits per heavy atom. The summed E-state index contributed by atoms with van der Waals surface area (Å²) in [4.78, 5) is 10.4. The molecule has 1 aromatic rings. The Bertz CT molecular complexity index is 423. The minimum absolute atomic E-state index is 0. The molecule has 0 spiro atoms. The maximum Gasteiger partial charge on any atom is 0.277 e. The summed E-state index contributed by atoms with van der Waals surface area (Å²) in [7, 11) is 0. The number of nitro groups is 1. The zero-order valence-corrected chi connectivity index (χ0v) is 9.62. The Balaban J connectivity index is 0.00000128. The van der Waals surface area contributed by atoms with E-state index in [0.29, 0.717) is 24.3 Å². The van der Waals surface area contributed by atoms with E-state index in [4.69, 9.17) is 10.5 Å². The van der Waals surface area contributed by atoms with Crippen LogP contribution in [0.5, 0.6) is 5.75 Å². The number of ether oxygens (including phenoxy) is 1. The fourth-order valence-electron chi connectivity index (χ4n) is 1.84. The molecule has 0 saturated heterocycles. The molecule has 0 unspecified atom stereocenters. The summed E-state index contributed by atoms with van der Waals surface area (Å²) in [5, 5.41) is 10.8. The maximum atomic E-state index is 10.8. The molecule has 0 aromatic heterocycles. The third-order valence-corrected chi connectivity index (χ3v) is 2.61. The van der Waals surface area contributed by atoms with Gasteiger partial charge < -0.3 is 10.5 Å². The van der Waals surface area contributed by atoms with Crippen LogP contribution in [0.2, 0.25) is 0 Å². The van der Waals surface area contributed by atoms with E-state index < -0.39 is 4.92 Å². The van der Waals surface area contributed by atoms with Crippen molar-refractivity contribution in [2.45, 2.75) is 19.4 Å². The number of rotatable bonds is 1. The molecule has 1 aliphatic rings. The first-order valence-corrected chi connectivity index (χ1v) is 4.77. The minimum Gasteiger partial charge on any atom is -0.493 e. The number of hydrogen-bond donors (Lipinski definition) is 1. The molecule has 1 heterocycles. The summed E-state index contributed by atoms with van der Waals surface area (Å²) in [5.74, 6) is 0.586. The lowest BCUT2D eigenvalue weighted by molar-refractivity contribution is -0.385. The van der Waals surface area contributed by atoms with E-state index in [1.165, 1.54) is 6.07 Å². The van der Waals surface area contributed by atoms with Gasteiger partial charge in [0, 0.05) is 18.5 Å². The monoisotopic (exact) mass is 244 g/mol. The van der Waals surface area contributed by atoms with Crippen LogP contribution in [-0.2, 0) is 0 Å². The summed E-state index contributed by atoms with van der Waals surface area (Å²) in [6.45, 7) is 2.39. The molecule has 2 N–H and O–H groups in total. The quantitative estimate of drug-likeness (QED) is 0.606. The van der Waals surface area contributed by atoms with Gasteiger partial charge in [-0.1, -0.05) is 0 Å². The number of halogens is 1. The minimum atomic E-state index is -0.410. The Morgan fingerprint density at radius 1 is 1.56 bits per heavy atom. The van der Waals surface area contributed by atoms with Gasteiger partial charge in [0.1, 0.15) is 5.75 Å². The average Bonchev–Trinajstić information content (AvgIpc) is 2.19. The van der Waals surface area contributed by atoms with E-state index >= 15 is 0 Å². The number of hydrogen-bond acceptors (Lipinski definition) is 4. The molecule has 1 aromatic carbocycles. The van der Waals surface area contributed by atoms with Crippen LogP contribution in [0.1, 0.15) is 23.6 Å². The van der Waals surface area contributed by atoms with Crippen molar-refractivity contribution >= 4 is 18.1 Å². The van der Waals surface area contributed by atoms with Crippen molar-refractivity contribution in [3.05, 3.63) is 33.4 Å². The van der Waals surface area contributed by atoms with Gasteiger partial charge in [0.25, 0.3) is 5.69 Å². The third-order valence-electron chi connectivity index (χ3n) is 2.61. The lowest BCUT2D eigenvalue weighted by Crippen LogP contribution is -2.22. The highest BCUT2D eigenvalue weighted by Crippen LogP contribution is 2.39. The number of benzene rings is 1. The summed E-state index contributed by atoms with van der Waals surface area (Å²) in [6, 6.07) is 2.88. The van der Waals surface area contributed by atoms with Crippen LogP contribution >= 0.6 is 12.4 Å². The van der Waals surface area contributed by atoms with Crippen LogP contribution in [0, 0.1) is 17.0 Å². The highest BCUT2D eigenvalue weighted by molar-refractivity contribution is 5.85. The van der Waals surface area contributed by atoms with Crippen molar-refractivity contribution in [1.82, 2.24) is 0 Å². The Kier molecular flexibility index (Phi) is 3.72. The van der Waals surface area contributed by atoms with Gasteiger partial charge in [-0.3, -0.25) is 10.1 Å². The van der Waals surface area contributed by atoms with Crippen LogP contribution in [0.4, 0.5) is 5.69 Å².